The van der Waals surface area contributed by atoms with Gasteiger partial charge >= 0.3 is 0 Å². The van der Waals surface area contributed by atoms with Crippen molar-refractivity contribution in [1.29, 1.82) is 0 Å². The zero-order valence-corrected chi connectivity index (χ0v) is 75.9. The number of nitrogens with two attached hydrogens (primary N) is 6. The maximum Gasteiger partial charge on any atom is 0.254 e. The molecule has 30 heteroatoms. The fourth-order valence-electron chi connectivity index (χ4n) is 16.4. The number of hydrogen-bond donors (Lipinski definition) is 14. The summed E-state index contributed by atoms with van der Waals surface area (Å²) in [5.74, 6) is 3.15. The monoisotopic (exact) mass is 1740 g/mol. The van der Waals surface area contributed by atoms with E-state index >= 15 is 0 Å². The molecule has 0 unspecified atom stereocenters. The number of benzene rings is 7. The van der Waals surface area contributed by atoms with Gasteiger partial charge in [-0.1, -0.05) is 91.0 Å². The highest BCUT2D eigenvalue weighted by Crippen LogP contribution is 2.31. The number of primary sulfonamides is 1. The zero-order chi connectivity index (χ0) is 90.2. The van der Waals surface area contributed by atoms with Crippen molar-refractivity contribution in [3.8, 4) is 0 Å². The molecule has 3 saturated heterocycles. The van der Waals surface area contributed by atoms with Crippen LogP contribution in [0.25, 0.3) is 0 Å². The summed E-state index contributed by atoms with van der Waals surface area (Å²) in [6.07, 6.45) is 8.95. The predicted octanol–water partition coefficient (Wildman–Crippen LogP) is 13.8. The third-order valence-corrected chi connectivity index (χ3v) is 26.3. The summed E-state index contributed by atoms with van der Waals surface area (Å²) in [6.45, 7) is 34.3. The number of piperidine rings is 1. The number of amides is 4. The Morgan fingerprint density at radius 2 is 0.698 bits per heavy atom. The van der Waals surface area contributed by atoms with Gasteiger partial charge in [0, 0.05) is 113 Å². The molecule has 0 spiro atoms. The number of aryl methyl sites for hydroxylation is 8. The van der Waals surface area contributed by atoms with E-state index in [0.717, 1.165) is 88.2 Å². The van der Waals surface area contributed by atoms with Crippen LogP contribution >= 0.6 is 11.8 Å². The van der Waals surface area contributed by atoms with Crippen LogP contribution < -0.4 is 64.9 Å². The number of hydrogen-bond acceptors (Lipinski definition) is 20. The van der Waals surface area contributed by atoms with E-state index in [2.05, 4.69) is 245 Å². The Kier molecular flexibility index (Phi) is 30.7. The standard InChI is InChI=1S/C29H39N7O.C25H31N5OS.C21H25N5O3S.C21H25N5O/c1-19-14-23(15-20(2)21(19)3)18-32-29-27(28(30)37)25(33-34-29)16-22-6-7-26(31-17-22)36-12-8-24(9-13-36)35-10-4-5-11-35;1-16-12-20(13-17(2)18(16)3)15-27-25-23(24(26)31)22(28-29-25)14-19-4-6-21(7-5-19)30-8-10-32-11-9-30;1-12-8-16(9-13(2)14(12)3)11-24-21-19(20(22)27)18(25-26-21)10-15-4-6-17(7-5-15)30(23,28)29;1-12-8-16(9-13(2)14(12)3)11-24-21-19(20(23)27)18(25-26-21)10-15-4-6-17(22)7-5-15/h6-7,14-15,17,24H,4-5,8-13,16,18H2,1-3H3,(H2,30,37)(H2,32,33,34);4-7,12-13H,8-11,14-15H2,1-3H3,(H2,26,31)(H2,27,28,29);4-9H,10-11H2,1-3H3,(H2,22,27)(H2,23,28,29)(H2,24,25,26);4-9H,10-11,22H2,1-3H3,(H2,23,27)(H2,24,25,26). The fourth-order valence-corrected chi connectivity index (χ4v) is 17.8. The van der Waals surface area contributed by atoms with E-state index in [4.69, 9.17) is 38.8 Å². The van der Waals surface area contributed by atoms with E-state index < -0.39 is 33.7 Å². The molecule has 126 heavy (non-hydrogen) atoms. The molecule has 5 aromatic heterocycles. The summed E-state index contributed by atoms with van der Waals surface area (Å²) in [6, 6.07) is 44.2. The highest BCUT2D eigenvalue weighted by Gasteiger charge is 2.29. The highest BCUT2D eigenvalue weighted by atomic mass is 32.2. The summed E-state index contributed by atoms with van der Waals surface area (Å²) < 4.78 is 22.8. The van der Waals surface area contributed by atoms with Crippen LogP contribution in [0.15, 0.2) is 145 Å². The second-order valence-electron chi connectivity index (χ2n) is 33.4. The molecule has 0 aliphatic carbocycles. The lowest BCUT2D eigenvalue weighted by Crippen LogP contribution is -2.44. The molecule has 3 aliphatic heterocycles. The molecule has 8 heterocycles. The normalized spacial score (nSPS) is 13.5. The van der Waals surface area contributed by atoms with E-state index in [1.54, 1.807) is 12.1 Å². The molecule has 12 aromatic rings. The molecule has 0 saturated carbocycles. The predicted molar refractivity (Wildman–Crippen MR) is 506 cm³/mol. The van der Waals surface area contributed by atoms with Crippen molar-refractivity contribution < 1.29 is 27.6 Å². The molecule has 0 atom stereocenters. The molecule has 15 rings (SSSR count). The number of nitrogens with zero attached hydrogens (tertiary/aromatic N) is 8. The zero-order valence-electron chi connectivity index (χ0n) is 74.3. The van der Waals surface area contributed by atoms with Gasteiger partial charge in [-0.15, -0.1) is 0 Å². The van der Waals surface area contributed by atoms with Gasteiger partial charge in [-0.2, -0.15) is 32.2 Å². The van der Waals surface area contributed by atoms with Gasteiger partial charge in [-0.05, 0) is 276 Å². The largest absolute Gasteiger partial charge is 0.399 e. The topological polar surface area (TPSA) is 444 Å². The number of anilines is 7. The van der Waals surface area contributed by atoms with Crippen molar-refractivity contribution in [2.45, 2.75) is 172 Å². The summed E-state index contributed by atoms with van der Waals surface area (Å²) >= 11 is 2.01. The number of carbonyl (C=O) groups is 4. The Morgan fingerprint density at radius 3 is 1.00 bits per heavy atom. The lowest BCUT2D eigenvalue weighted by Gasteiger charge is -2.37. The van der Waals surface area contributed by atoms with Crippen molar-refractivity contribution in [3.63, 3.8) is 0 Å². The van der Waals surface area contributed by atoms with E-state index in [1.165, 1.54) is 135 Å². The Hall–Kier alpha value is -12.8. The molecule has 20 N–H and O–H groups in total. The summed E-state index contributed by atoms with van der Waals surface area (Å²) in [5.41, 5.74) is 58.1. The number of carbonyl (C=O) groups excluding carboxylic acids is 4. The number of likely N-dealkylation sites (tertiary alicyclic amines) is 1. The average molecular weight is 1740 g/mol. The van der Waals surface area contributed by atoms with Crippen LogP contribution in [0.4, 0.5) is 40.5 Å². The number of thioether (sulfide) groups is 1. The number of nitrogen functional groups attached to an aromatic ring is 1. The maximum atomic E-state index is 12.3. The van der Waals surface area contributed by atoms with Crippen LogP contribution in [0, 0.1) is 83.1 Å². The van der Waals surface area contributed by atoms with Gasteiger partial charge in [0.05, 0.1) is 27.7 Å². The number of rotatable bonds is 28. The summed E-state index contributed by atoms with van der Waals surface area (Å²) in [5, 5.41) is 47.2. The molecular weight excluding hydrogens is 1620 g/mol. The number of pyridine rings is 1. The van der Waals surface area contributed by atoms with Gasteiger partial charge < -0.3 is 64.6 Å². The Morgan fingerprint density at radius 1 is 0.397 bits per heavy atom. The first-order chi connectivity index (χ1) is 60.2. The first kappa shape index (κ1) is 92.4. The molecule has 3 fully saturated rings. The lowest BCUT2D eigenvalue weighted by atomic mass is 10.0. The van der Waals surface area contributed by atoms with Crippen LogP contribution in [0.2, 0.25) is 0 Å². The maximum absolute atomic E-state index is 12.3. The molecular formula is C96H120N22O6S2. The number of H-pyrrole nitrogens is 4. The minimum absolute atomic E-state index is 0.0250. The van der Waals surface area contributed by atoms with Crippen LogP contribution in [0.3, 0.4) is 0 Å². The molecule has 0 bridgehead atoms. The van der Waals surface area contributed by atoms with E-state index in [1.807, 2.05) is 42.2 Å². The number of sulfonamides is 1. The minimum Gasteiger partial charge on any atom is -0.399 e. The Labute approximate surface area is 742 Å². The SMILES string of the molecule is Cc1cc(CNc2n[nH]c(Cc3ccc(N)cc3)c2C(N)=O)cc(C)c1C.Cc1cc(CNc2n[nH]c(Cc3ccc(N4CCC(N5CCCC5)CC4)nc3)c2C(N)=O)cc(C)c1C.Cc1cc(CNc2n[nH]c(Cc3ccc(N4CCSCC4)cc3)c2C(N)=O)cc(C)c1C.Cc1cc(CNc2n[nH]c(Cc3ccc(S(N)(=O)=O)cc3)c2C(N)=O)cc(C)c1C. The van der Waals surface area contributed by atoms with Gasteiger partial charge in [0.15, 0.2) is 23.3 Å². The number of aromatic amines is 4. The molecule has 662 valence electrons. The first-order valence-corrected chi connectivity index (χ1v) is 45.4. The van der Waals surface area contributed by atoms with Crippen molar-refractivity contribution in [2.75, 3.05) is 87.6 Å². The van der Waals surface area contributed by atoms with Crippen molar-refractivity contribution in [2.24, 2.45) is 28.1 Å². The third-order valence-electron chi connectivity index (χ3n) is 24.5. The third kappa shape index (κ3) is 23.8. The van der Waals surface area contributed by atoms with Gasteiger partial charge in [0.1, 0.15) is 28.1 Å². The smallest absolute Gasteiger partial charge is 0.254 e. The van der Waals surface area contributed by atoms with Crippen LogP contribution in [0.1, 0.15) is 201 Å². The summed E-state index contributed by atoms with van der Waals surface area (Å²) in [4.78, 5) is 60.9. The Bertz CT molecular complexity index is 5870. The van der Waals surface area contributed by atoms with Crippen molar-refractivity contribution in [3.05, 3.63) is 296 Å². The van der Waals surface area contributed by atoms with E-state index in [9.17, 15) is 27.6 Å². The second kappa shape index (κ2) is 41.8. The van der Waals surface area contributed by atoms with Gasteiger partial charge in [-0.25, -0.2) is 18.5 Å². The van der Waals surface area contributed by atoms with E-state index in [-0.39, 0.29) is 10.5 Å². The molecule has 0 radical (unpaired) electrons. The number of aromatic nitrogens is 9. The van der Waals surface area contributed by atoms with E-state index in [0.29, 0.717) is 115 Å². The summed E-state index contributed by atoms with van der Waals surface area (Å²) in [7, 11) is -3.76. The van der Waals surface area contributed by atoms with Crippen molar-refractivity contribution in [1.82, 2.24) is 50.7 Å². The molecule has 4 amide bonds. The minimum atomic E-state index is -3.76. The second-order valence-corrected chi connectivity index (χ2v) is 36.2. The fraction of sp³-hybridized carbons (Fsp3) is 0.344. The van der Waals surface area contributed by atoms with Crippen LogP contribution in [-0.2, 0) is 61.9 Å². The lowest BCUT2D eigenvalue weighted by molar-refractivity contribution is 0.0991. The Balaban J connectivity index is 0.000000154. The molecule has 28 nitrogen and oxygen atoms in total. The quantitative estimate of drug-likeness (QED) is 0.0203. The number of primary amides is 4. The first-order valence-electron chi connectivity index (χ1n) is 42.7. The van der Waals surface area contributed by atoms with Gasteiger partial charge in [-0.3, -0.25) is 39.6 Å². The van der Waals surface area contributed by atoms with Crippen LogP contribution in [-0.4, -0.2) is 140 Å². The molecule has 7 aromatic carbocycles. The highest BCUT2D eigenvalue weighted by molar-refractivity contribution is 7.99. The van der Waals surface area contributed by atoms with Gasteiger partial charge in [0.2, 0.25) is 10.0 Å². The molecule has 3 aliphatic rings. The van der Waals surface area contributed by atoms with Crippen LogP contribution in [0.5, 0.6) is 0 Å². The number of nitrogens with one attached hydrogen (secondary N) is 8. The van der Waals surface area contributed by atoms with Gasteiger partial charge in [0.25, 0.3) is 23.6 Å². The van der Waals surface area contributed by atoms with Crippen molar-refractivity contribution >= 4 is 85.9 Å². The average Bonchev–Trinajstić information content (AvgIpc) is 1.64.